The summed E-state index contributed by atoms with van der Waals surface area (Å²) in [5.41, 5.74) is 3.48. The fraction of sp³-hybridized carbons (Fsp3) is 0.333. The van der Waals surface area contributed by atoms with Crippen molar-refractivity contribution < 1.29 is 4.74 Å². The summed E-state index contributed by atoms with van der Waals surface area (Å²) in [4.78, 5) is 19.0. The van der Waals surface area contributed by atoms with Crippen molar-refractivity contribution in [3.63, 3.8) is 0 Å². The van der Waals surface area contributed by atoms with Gasteiger partial charge in [0.1, 0.15) is 5.75 Å². The summed E-state index contributed by atoms with van der Waals surface area (Å²) >= 11 is 0. The fourth-order valence-corrected chi connectivity index (χ4v) is 2.56. The standard InChI is InChI=1S/C15H16N2O2/c1-9(2)12-13(16-8-17-15(12)18)11-5-3-4-10-6-7-19-14(10)11/h3-5,8-9H,6-7H2,1-2H3,(H,16,17,18). The van der Waals surface area contributed by atoms with Crippen molar-refractivity contribution in [2.75, 3.05) is 6.61 Å². The first-order chi connectivity index (χ1) is 9.18. The minimum Gasteiger partial charge on any atom is -0.492 e. The molecule has 1 aliphatic rings. The number of H-pyrrole nitrogens is 1. The third kappa shape index (κ3) is 1.93. The lowest BCUT2D eigenvalue weighted by Crippen LogP contribution is -2.16. The summed E-state index contributed by atoms with van der Waals surface area (Å²) in [7, 11) is 0. The summed E-state index contributed by atoms with van der Waals surface area (Å²) in [5.74, 6) is 0.993. The fourth-order valence-electron chi connectivity index (χ4n) is 2.56. The van der Waals surface area contributed by atoms with Gasteiger partial charge in [0.2, 0.25) is 0 Å². The summed E-state index contributed by atoms with van der Waals surface area (Å²) in [5, 5.41) is 0. The van der Waals surface area contributed by atoms with Crippen LogP contribution in [0.2, 0.25) is 0 Å². The number of ether oxygens (including phenoxy) is 1. The summed E-state index contributed by atoms with van der Waals surface area (Å²) in [6.07, 6.45) is 2.38. The van der Waals surface area contributed by atoms with E-state index in [9.17, 15) is 4.79 Å². The number of hydrogen-bond acceptors (Lipinski definition) is 3. The zero-order valence-electron chi connectivity index (χ0n) is 11.1. The second-order valence-corrected chi connectivity index (χ2v) is 5.04. The van der Waals surface area contributed by atoms with Crippen LogP contribution in [0.25, 0.3) is 11.3 Å². The molecular weight excluding hydrogens is 240 g/mol. The minimum atomic E-state index is -0.0735. The van der Waals surface area contributed by atoms with Gasteiger partial charge in [-0.3, -0.25) is 4.79 Å². The number of para-hydroxylation sites is 1. The van der Waals surface area contributed by atoms with E-state index in [0.717, 1.165) is 23.4 Å². The monoisotopic (exact) mass is 256 g/mol. The van der Waals surface area contributed by atoms with Crippen molar-refractivity contribution in [2.45, 2.75) is 26.2 Å². The third-order valence-corrected chi connectivity index (χ3v) is 3.44. The van der Waals surface area contributed by atoms with Gasteiger partial charge < -0.3 is 9.72 Å². The molecule has 4 nitrogen and oxygen atoms in total. The Bertz CT molecular complexity index is 674. The van der Waals surface area contributed by atoms with E-state index in [1.54, 1.807) is 0 Å². The Morgan fingerprint density at radius 1 is 1.37 bits per heavy atom. The van der Waals surface area contributed by atoms with E-state index in [4.69, 9.17) is 4.74 Å². The Balaban J connectivity index is 2.27. The first-order valence-corrected chi connectivity index (χ1v) is 6.51. The topological polar surface area (TPSA) is 55.0 Å². The van der Waals surface area contributed by atoms with E-state index >= 15 is 0 Å². The lowest BCUT2D eigenvalue weighted by molar-refractivity contribution is 0.358. The molecule has 1 N–H and O–H groups in total. The van der Waals surface area contributed by atoms with Crippen LogP contribution in [0.1, 0.15) is 30.9 Å². The van der Waals surface area contributed by atoms with Gasteiger partial charge in [-0.2, -0.15) is 0 Å². The molecule has 0 unspecified atom stereocenters. The van der Waals surface area contributed by atoms with Gasteiger partial charge in [0.25, 0.3) is 5.56 Å². The van der Waals surface area contributed by atoms with E-state index in [1.807, 2.05) is 26.0 Å². The Morgan fingerprint density at radius 2 is 2.21 bits per heavy atom. The molecule has 0 fully saturated rings. The molecule has 2 aromatic rings. The molecule has 1 aromatic heterocycles. The Kier molecular flexibility index (Phi) is 2.85. The van der Waals surface area contributed by atoms with Crippen LogP contribution in [0.5, 0.6) is 5.75 Å². The van der Waals surface area contributed by atoms with Crippen molar-refractivity contribution in [1.29, 1.82) is 0 Å². The SMILES string of the molecule is CC(C)c1c(-c2cccc3c2OCC3)nc[nH]c1=O. The number of rotatable bonds is 2. The highest BCUT2D eigenvalue weighted by Gasteiger charge is 2.21. The average Bonchev–Trinajstić information content (AvgIpc) is 2.85. The molecule has 3 rings (SSSR count). The van der Waals surface area contributed by atoms with E-state index < -0.39 is 0 Å². The molecule has 0 saturated carbocycles. The first-order valence-electron chi connectivity index (χ1n) is 6.51. The molecule has 4 heteroatoms. The normalized spacial score (nSPS) is 13.4. The van der Waals surface area contributed by atoms with Gasteiger partial charge in [-0.05, 0) is 17.5 Å². The molecule has 0 bridgehead atoms. The number of nitrogens with one attached hydrogen (secondary N) is 1. The second kappa shape index (κ2) is 4.53. The van der Waals surface area contributed by atoms with Crippen LogP contribution in [-0.2, 0) is 6.42 Å². The largest absolute Gasteiger partial charge is 0.492 e. The minimum absolute atomic E-state index is 0.0735. The molecule has 0 radical (unpaired) electrons. The smallest absolute Gasteiger partial charge is 0.254 e. The molecule has 98 valence electrons. The third-order valence-electron chi connectivity index (χ3n) is 3.44. The van der Waals surface area contributed by atoms with Crippen LogP contribution in [-0.4, -0.2) is 16.6 Å². The van der Waals surface area contributed by atoms with Crippen LogP contribution >= 0.6 is 0 Å². The number of aromatic nitrogens is 2. The number of hydrogen-bond donors (Lipinski definition) is 1. The van der Waals surface area contributed by atoms with Crippen LogP contribution in [0.15, 0.2) is 29.3 Å². The Morgan fingerprint density at radius 3 is 3.00 bits per heavy atom. The van der Waals surface area contributed by atoms with Crippen LogP contribution in [0.3, 0.4) is 0 Å². The zero-order valence-corrected chi connectivity index (χ0v) is 11.1. The van der Waals surface area contributed by atoms with Crippen molar-refractivity contribution in [3.05, 3.63) is 46.0 Å². The maximum absolute atomic E-state index is 12.0. The first kappa shape index (κ1) is 12.0. The second-order valence-electron chi connectivity index (χ2n) is 5.04. The number of nitrogens with zero attached hydrogens (tertiary/aromatic N) is 1. The predicted octanol–water partition coefficient (Wildman–Crippen LogP) is 2.50. The molecule has 1 aliphatic heterocycles. The maximum Gasteiger partial charge on any atom is 0.254 e. The highest BCUT2D eigenvalue weighted by molar-refractivity contribution is 5.72. The van der Waals surface area contributed by atoms with Gasteiger partial charge in [-0.25, -0.2) is 4.98 Å². The zero-order chi connectivity index (χ0) is 13.4. The van der Waals surface area contributed by atoms with Gasteiger partial charge in [0.05, 0.1) is 18.6 Å². The molecule has 0 amide bonds. The Labute approximate surface area is 111 Å². The Hall–Kier alpha value is -2.10. The van der Waals surface area contributed by atoms with Gasteiger partial charge in [-0.15, -0.1) is 0 Å². The van der Waals surface area contributed by atoms with Crippen molar-refractivity contribution >= 4 is 0 Å². The summed E-state index contributed by atoms with van der Waals surface area (Å²) in [6.45, 7) is 4.70. The maximum atomic E-state index is 12.0. The van der Waals surface area contributed by atoms with E-state index in [0.29, 0.717) is 12.2 Å². The molecule has 19 heavy (non-hydrogen) atoms. The van der Waals surface area contributed by atoms with E-state index in [-0.39, 0.29) is 11.5 Å². The van der Waals surface area contributed by atoms with Gasteiger partial charge in [0.15, 0.2) is 0 Å². The van der Waals surface area contributed by atoms with E-state index in [1.165, 1.54) is 11.9 Å². The predicted molar refractivity (Wildman–Crippen MR) is 73.6 cm³/mol. The lowest BCUT2D eigenvalue weighted by Gasteiger charge is -2.13. The van der Waals surface area contributed by atoms with Crippen molar-refractivity contribution in [3.8, 4) is 17.0 Å². The van der Waals surface area contributed by atoms with Gasteiger partial charge in [-0.1, -0.05) is 26.0 Å². The van der Waals surface area contributed by atoms with Gasteiger partial charge >= 0.3 is 0 Å². The number of aromatic amines is 1. The van der Waals surface area contributed by atoms with Crippen LogP contribution in [0.4, 0.5) is 0 Å². The van der Waals surface area contributed by atoms with E-state index in [2.05, 4.69) is 16.0 Å². The van der Waals surface area contributed by atoms with Crippen molar-refractivity contribution in [1.82, 2.24) is 9.97 Å². The average molecular weight is 256 g/mol. The van der Waals surface area contributed by atoms with Gasteiger partial charge in [0, 0.05) is 17.5 Å². The van der Waals surface area contributed by atoms with Crippen LogP contribution < -0.4 is 10.3 Å². The summed E-state index contributed by atoms with van der Waals surface area (Å²) in [6, 6.07) is 6.03. The van der Waals surface area contributed by atoms with Crippen LogP contribution in [0, 0.1) is 0 Å². The number of fused-ring (bicyclic) bond motifs is 1. The van der Waals surface area contributed by atoms with Crippen molar-refractivity contribution in [2.24, 2.45) is 0 Å². The number of benzene rings is 1. The quantitative estimate of drug-likeness (QED) is 0.898. The molecule has 0 saturated heterocycles. The molecule has 1 aromatic carbocycles. The molecule has 0 spiro atoms. The molecule has 0 atom stereocenters. The molecule has 0 aliphatic carbocycles. The summed E-state index contributed by atoms with van der Waals surface area (Å²) < 4.78 is 5.71. The highest BCUT2D eigenvalue weighted by atomic mass is 16.5. The molecular formula is C15H16N2O2. The molecule has 2 heterocycles. The highest BCUT2D eigenvalue weighted by Crippen LogP contribution is 2.37. The lowest BCUT2D eigenvalue weighted by atomic mass is 9.96.